The van der Waals surface area contributed by atoms with Crippen molar-refractivity contribution in [1.82, 2.24) is 14.1 Å². The van der Waals surface area contributed by atoms with Crippen LogP contribution in [0.5, 0.6) is 0 Å². The van der Waals surface area contributed by atoms with Crippen molar-refractivity contribution in [2.24, 2.45) is 0 Å². The van der Waals surface area contributed by atoms with Gasteiger partial charge in [-0.3, -0.25) is 9.59 Å². The molecular weight excluding hydrogens is 374 g/mol. The Morgan fingerprint density at radius 2 is 1.70 bits per heavy atom. The van der Waals surface area contributed by atoms with Crippen LogP contribution >= 0.6 is 0 Å². The Morgan fingerprint density at radius 3 is 2.33 bits per heavy atom. The summed E-state index contributed by atoms with van der Waals surface area (Å²) in [4.78, 5) is 27.6. The van der Waals surface area contributed by atoms with E-state index in [0.717, 1.165) is 0 Å². The number of sulfonamides is 1. The van der Waals surface area contributed by atoms with E-state index in [1.165, 1.54) is 10.6 Å². The van der Waals surface area contributed by atoms with Crippen LogP contribution in [-0.2, 0) is 19.6 Å². The zero-order valence-electron chi connectivity index (χ0n) is 15.2. The molecule has 0 spiro atoms. The van der Waals surface area contributed by atoms with E-state index in [1.54, 1.807) is 21.9 Å². The van der Waals surface area contributed by atoms with Gasteiger partial charge in [0.2, 0.25) is 15.9 Å². The van der Waals surface area contributed by atoms with E-state index in [4.69, 9.17) is 9.15 Å². The lowest BCUT2D eigenvalue weighted by Crippen LogP contribution is -2.51. The number of hydrogen-bond acceptors (Lipinski definition) is 6. The molecule has 10 heteroatoms. The largest absolute Gasteiger partial charge is 0.459 e. The number of ether oxygens (including phenoxy) is 1. The molecule has 150 valence electrons. The molecule has 2 aliphatic heterocycles. The maximum atomic E-state index is 12.5. The molecule has 2 aliphatic rings. The minimum absolute atomic E-state index is 0.0256. The normalized spacial score (nSPS) is 19.3. The smallest absolute Gasteiger partial charge is 0.289 e. The van der Waals surface area contributed by atoms with Crippen molar-refractivity contribution < 1.29 is 27.2 Å². The third kappa shape index (κ3) is 5.08. The lowest BCUT2D eigenvalue weighted by atomic mass is 10.3. The topological polar surface area (TPSA) is 100 Å². The molecular formula is C17H25N3O6S. The molecule has 9 nitrogen and oxygen atoms in total. The van der Waals surface area contributed by atoms with Crippen molar-refractivity contribution in [1.29, 1.82) is 0 Å². The van der Waals surface area contributed by atoms with E-state index in [2.05, 4.69) is 0 Å². The molecule has 1 aromatic heterocycles. The summed E-state index contributed by atoms with van der Waals surface area (Å²) in [6.07, 6.45) is 1.95. The monoisotopic (exact) mass is 399 g/mol. The first kappa shape index (κ1) is 19.8. The molecule has 2 fully saturated rings. The van der Waals surface area contributed by atoms with Crippen LogP contribution in [0, 0.1) is 0 Å². The fraction of sp³-hybridized carbons (Fsp3) is 0.647. The molecule has 27 heavy (non-hydrogen) atoms. The minimum Gasteiger partial charge on any atom is -0.459 e. The van der Waals surface area contributed by atoms with Crippen molar-refractivity contribution >= 4 is 21.8 Å². The molecule has 0 aliphatic carbocycles. The van der Waals surface area contributed by atoms with Gasteiger partial charge in [-0.05, 0) is 18.6 Å². The number of rotatable bonds is 6. The van der Waals surface area contributed by atoms with Gasteiger partial charge in [-0.15, -0.1) is 0 Å². The third-order valence-electron chi connectivity index (χ3n) is 4.81. The first-order chi connectivity index (χ1) is 13.0. The van der Waals surface area contributed by atoms with Gasteiger partial charge in [-0.2, -0.15) is 4.31 Å². The van der Waals surface area contributed by atoms with Crippen molar-refractivity contribution in [2.75, 3.05) is 58.2 Å². The highest BCUT2D eigenvalue weighted by molar-refractivity contribution is 7.89. The van der Waals surface area contributed by atoms with Crippen molar-refractivity contribution in [3.63, 3.8) is 0 Å². The third-order valence-corrected chi connectivity index (χ3v) is 6.76. The second kappa shape index (κ2) is 8.85. The molecule has 0 N–H and O–H groups in total. The predicted octanol–water partition coefficient (Wildman–Crippen LogP) is 0.00620. The number of hydrogen-bond donors (Lipinski definition) is 0. The second-order valence-corrected chi connectivity index (χ2v) is 8.67. The Balaban J connectivity index is 1.43. The summed E-state index contributed by atoms with van der Waals surface area (Å²) >= 11 is 0. The molecule has 3 heterocycles. The van der Waals surface area contributed by atoms with Gasteiger partial charge in [-0.25, -0.2) is 8.42 Å². The number of morpholine rings is 1. The highest BCUT2D eigenvalue weighted by atomic mass is 32.2. The van der Waals surface area contributed by atoms with Gasteiger partial charge in [-0.1, -0.05) is 0 Å². The molecule has 0 bridgehead atoms. The molecule has 2 saturated heterocycles. The van der Waals surface area contributed by atoms with Crippen LogP contribution in [0.3, 0.4) is 0 Å². The highest BCUT2D eigenvalue weighted by Gasteiger charge is 2.30. The van der Waals surface area contributed by atoms with Crippen LogP contribution < -0.4 is 0 Å². The molecule has 0 unspecified atom stereocenters. The predicted molar refractivity (Wildman–Crippen MR) is 96.6 cm³/mol. The lowest BCUT2D eigenvalue weighted by Gasteiger charge is -2.33. The number of carbonyl (C=O) groups excluding carboxylic acids is 2. The van der Waals surface area contributed by atoms with Crippen LogP contribution in [0.1, 0.15) is 23.4 Å². The van der Waals surface area contributed by atoms with E-state index >= 15 is 0 Å². The molecule has 0 aromatic carbocycles. The van der Waals surface area contributed by atoms with E-state index in [1.807, 2.05) is 0 Å². The summed E-state index contributed by atoms with van der Waals surface area (Å²) in [6, 6.07) is 3.24. The number of carbonyl (C=O) groups is 2. The van der Waals surface area contributed by atoms with Gasteiger partial charge in [0.25, 0.3) is 5.91 Å². The van der Waals surface area contributed by atoms with Crippen molar-refractivity contribution in [2.45, 2.75) is 12.8 Å². The summed E-state index contributed by atoms with van der Waals surface area (Å²) in [7, 11) is -3.44. The standard InChI is InChI=1S/C17H25N3O6S/c21-16(18-9-12-25-13-10-18)4-2-14-27(23,24)20-7-5-19(6-8-20)17(22)15-3-1-11-26-15/h1,3,11H,2,4-10,12-14H2. The van der Waals surface area contributed by atoms with Gasteiger partial charge in [0.05, 0.1) is 25.2 Å². The number of amides is 2. The quantitative estimate of drug-likeness (QED) is 0.668. The summed E-state index contributed by atoms with van der Waals surface area (Å²) in [5.41, 5.74) is 0. The molecule has 2 amide bonds. The Hall–Kier alpha value is -1.91. The van der Waals surface area contributed by atoms with E-state index < -0.39 is 10.0 Å². The van der Waals surface area contributed by atoms with Gasteiger partial charge < -0.3 is 19.0 Å². The first-order valence-electron chi connectivity index (χ1n) is 9.13. The van der Waals surface area contributed by atoms with E-state index in [0.29, 0.717) is 45.8 Å². The molecule has 1 aromatic rings. The van der Waals surface area contributed by atoms with Gasteiger partial charge >= 0.3 is 0 Å². The number of nitrogens with zero attached hydrogens (tertiary/aromatic N) is 3. The first-order valence-corrected chi connectivity index (χ1v) is 10.7. The molecule has 0 radical (unpaired) electrons. The molecule has 3 rings (SSSR count). The van der Waals surface area contributed by atoms with Crippen LogP contribution in [0.25, 0.3) is 0 Å². The fourth-order valence-corrected chi connectivity index (χ4v) is 4.72. The van der Waals surface area contributed by atoms with Gasteiger partial charge in [0.1, 0.15) is 0 Å². The van der Waals surface area contributed by atoms with Crippen molar-refractivity contribution in [3.05, 3.63) is 24.2 Å². The Kier molecular flexibility index (Phi) is 6.51. The zero-order chi connectivity index (χ0) is 19.3. The van der Waals surface area contributed by atoms with Gasteiger partial charge in [0, 0.05) is 45.7 Å². The Morgan fingerprint density at radius 1 is 1.00 bits per heavy atom. The summed E-state index contributed by atoms with van der Waals surface area (Å²) < 4.78 is 36.7. The Labute approximate surface area is 158 Å². The van der Waals surface area contributed by atoms with Gasteiger partial charge in [0.15, 0.2) is 5.76 Å². The highest BCUT2D eigenvalue weighted by Crippen LogP contribution is 2.13. The molecule has 0 saturated carbocycles. The average Bonchev–Trinajstić information content (AvgIpc) is 3.23. The minimum atomic E-state index is -3.44. The number of piperazine rings is 1. The van der Waals surface area contributed by atoms with Crippen molar-refractivity contribution in [3.8, 4) is 0 Å². The maximum absolute atomic E-state index is 12.5. The fourth-order valence-electron chi connectivity index (χ4n) is 3.23. The Bertz CT molecular complexity index is 735. The second-order valence-electron chi connectivity index (χ2n) is 6.58. The maximum Gasteiger partial charge on any atom is 0.289 e. The zero-order valence-corrected chi connectivity index (χ0v) is 16.0. The van der Waals surface area contributed by atoms with E-state index in [-0.39, 0.29) is 42.8 Å². The van der Waals surface area contributed by atoms with Crippen LogP contribution in [0.4, 0.5) is 0 Å². The summed E-state index contributed by atoms with van der Waals surface area (Å²) in [5, 5.41) is 0. The van der Waals surface area contributed by atoms with E-state index in [9.17, 15) is 18.0 Å². The summed E-state index contributed by atoms with van der Waals surface area (Å²) in [5.74, 6) is -0.0571. The van der Waals surface area contributed by atoms with Crippen LogP contribution in [-0.4, -0.2) is 92.6 Å². The summed E-state index contributed by atoms with van der Waals surface area (Å²) in [6.45, 7) is 3.36. The number of furan rings is 1. The average molecular weight is 399 g/mol. The van der Waals surface area contributed by atoms with Crippen LogP contribution in [0.15, 0.2) is 22.8 Å². The lowest BCUT2D eigenvalue weighted by molar-refractivity contribution is -0.135. The SMILES string of the molecule is O=C(CCCS(=O)(=O)N1CCN(C(=O)c2ccco2)CC1)N1CCOCC1. The van der Waals surface area contributed by atoms with Crippen LogP contribution in [0.2, 0.25) is 0 Å². The molecule has 0 atom stereocenters.